The fourth-order valence-corrected chi connectivity index (χ4v) is 6.47. The van der Waals surface area contributed by atoms with Gasteiger partial charge in [-0.05, 0) is 60.1 Å². The Labute approximate surface area is 306 Å². The highest BCUT2D eigenvalue weighted by molar-refractivity contribution is 7.14. The van der Waals surface area contributed by atoms with Crippen LogP contribution >= 0.6 is 11.3 Å². The van der Waals surface area contributed by atoms with Crippen LogP contribution in [-0.4, -0.2) is 52.1 Å². The van der Waals surface area contributed by atoms with Gasteiger partial charge in [0, 0.05) is 47.8 Å². The van der Waals surface area contributed by atoms with Crippen LogP contribution in [0.4, 0.5) is 0 Å². The van der Waals surface area contributed by atoms with E-state index >= 15 is 0 Å². The number of carboxylic acid groups (broad SMARTS) is 1. The third kappa shape index (κ3) is 12.9. The molecular weight excluding hydrogens is 661 g/mol. The van der Waals surface area contributed by atoms with Crippen molar-refractivity contribution in [2.45, 2.75) is 103 Å². The first-order valence-corrected chi connectivity index (χ1v) is 18.9. The molecule has 0 aliphatic carbocycles. The van der Waals surface area contributed by atoms with E-state index in [-0.39, 0.29) is 23.7 Å². The monoisotopic (exact) mass is 712 g/mol. The average molecular weight is 713 g/mol. The number of rotatable bonds is 20. The summed E-state index contributed by atoms with van der Waals surface area (Å²) in [7, 11) is 0. The van der Waals surface area contributed by atoms with Gasteiger partial charge in [0.15, 0.2) is 5.82 Å². The molecule has 10 heteroatoms. The number of amides is 2. The smallest absolute Gasteiger partial charge is 0.303 e. The second-order valence-electron chi connectivity index (χ2n) is 13.9. The Bertz CT molecular complexity index is 1680. The third-order valence-electron chi connectivity index (χ3n) is 8.57. The molecule has 2 heterocycles. The molecular formula is C41H52N4O5S. The zero-order chi connectivity index (χ0) is 36.6. The lowest BCUT2D eigenvalue weighted by Gasteiger charge is -2.19. The van der Waals surface area contributed by atoms with Crippen molar-refractivity contribution in [3.05, 3.63) is 88.4 Å². The molecule has 51 heavy (non-hydrogen) atoms. The summed E-state index contributed by atoms with van der Waals surface area (Å²) >= 11 is 1.43. The van der Waals surface area contributed by atoms with Gasteiger partial charge in [-0.2, -0.15) is 0 Å². The van der Waals surface area contributed by atoms with Gasteiger partial charge in [0.25, 0.3) is 5.91 Å². The molecule has 2 aromatic heterocycles. The van der Waals surface area contributed by atoms with E-state index in [4.69, 9.17) is 9.84 Å². The summed E-state index contributed by atoms with van der Waals surface area (Å²) in [5.41, 5.74) is 3.55. The largest absolute Gasteiger partial charge is 0.494 e. The number of hydrogen-bond acceptors (Lipinski definition) is 7. The van der Waals surface area contributed by atoms with Gasteiger partial charge in [0.05, 0.1) is 11.5 Å². The summed E-state index contributed by atoms with van der Waals surface area (Å²) < 4.78 is 5.90. The fourth-order valence-electron chi connectivity index (χ4n) is 5.51. The van der Waals surface area contributed by atoms with Gasteiger partial charge in [-0.3, -0.25) is 14.4 Å². The first-order valence-electron chi connectivity index (χ1n) is 18.1. The normalized spacial score (nSPS) is 11.9. The van der Waals surface area contributed by atoms with Crippen molar-refractivity contribution in [1.29, 1.82) is 0 Å². The van der Waals surface area contributed by atoms with E-state index < -0.39 is 12.0 Å². The Morgan fingerprint density at radius 2 is 1.47 bits per heavy atom. The molecule has 2 aromatic carbocycles. The van der Waals surface area contributed by atoms with Crippen molar-refractivity contribution in [1.82, 2.24) is 20.6 Å². The summed E-state index contributed by atoms with van der Waals surface area (Å²) in [6.07, 6.45) is 12.0. The van der Waals surface area contributed by atoms with Crippen LogP contribution in [0.5, 0.6) is 5.75 Å². The highest BCUT2D eigenvalue weighted by Crippen LogP contribution is 2.29. The lowest BCUT2D eigenvalue weighted by Crippen LogP contribution is -2.48. The number of carbonyl (C=O) groups is 3. The minimum Gasteiger partial charge on any atom is -0.494 e. The molecule has 272 valence electrons. The van der Waals surface area contributed by atoms with Crippen LogP contribution in [0.25, 0.3) is 22.5 Å². The molecule has 0 aliphatic heterocycles. The summed E-state index contributed by atoms with van der Waals surface area (Å²) in [6, 6.07) is 18.7. The van der Waals surface area contributed by atoms with E-state index in [2.05, 4.69) is 48.3 Å². The van der Waals surface area contributed by atoms with E-state index in [1.807, 2.05) is 67.0 Å². The summed E-state index contributed by atoms with van der Waals surface area (Å²) in [5, 5.41) is 14.7. The number of benzene rings is 2. The lowest BCUT2D eigenvalue weighted by molar-refractivity contribution is -0.137. The van der Waals surface area contributed by atoms with Crippen LogP contribution in [0, 0.1) is 0 Å². The zero-order valence-electron chi connectivity index (χ0n) is 30.4. The van der Waals surface area contributed by atoms with Crippen molar-refractivity contribution >= 4 is 29.1 Å². The van der Waals surface area contributed by atoms with Gasteiger partial charge < -0.3 is 20.5 Å². The highest BCUT2D eigenvalue weighted by Gasteiger charge is 2.24. The van der Waals surface area contributed by atoms with E-state index in [0.717, 1.165) is 45.9 Å². The topological polar surface area (TPSA) is 131 Å². The maximum atomic E-state index is 13.3. The van der Waals surface area contributed by atoms with Crippen LogP contribution in [0.1, 0.15) is 106 Å². The van der Waals surface area contributed by atoms with Crippen molar-refractivity contribution in [2.24, 2.45) is 0 Å². The van der Waals surface area contributed by atoms with Crippen LogP contribution in [0.15, 0.2) is 73.1 Å². The van der Waals surface area contributed by atoms with Crippen LogP contribution < -0.4 is 15.4 Å². The standard InChI is InChI=1S/C41H52N4O5S/c1-5-6-7-8-12-25-50-33-20-18-30(19-21-33)32-27-43-38(44-28-32)31-16-14-29(15-17-31)26-34(39(48)42-24-11-9-10-13-37(46)47)45-40(49)35-22-23-36(51-35)41(2,3)4/h14-23,27-28,34H,5-13,24-26H2,1-4H3,(H,42,48)(H,45,49)(H,46,47). The molecule has 0 bridgehead atoms. The van der Waals surface area contributed by atoms with Gasteiger partial charge in [-0.1, -0.05) is 96.2 Å². The molecule has 1 unspecified atom stereocenters. The zero-order valence-corrected chi connectivity index (χ0v) is 31.2. The Balaban J connectivity index is 1.37. The molecule has 0 radical (unpaired) electrons. The summed E-state index contributed by atoms with van der Waals surface area (Å²) in [4.78, 5) is 48.3. The van der Waals surface area contributed by atoms with E-state index in [1.54, 1.807) is 6.07 Å². The summed E-state index contributed by atoms with van der Waals surface area (Å²) in [5.74, 6) is 0.0582. The number of thiophene rings is 1. The predicted molar refractivity (Wildman–Crippen MR) is 204 cm³/mol. The van der Waals surface area contributed by atoms with Gasteiger partial charge in [0.1, 0.15) is 11.8 Å². The quantitative estimate of drug-likeness (QED) is 0.0783. The molecule has 4 rings (SSSR count). The number of nitrogens with zero attached hydrogens (tertiary/aromatic N) is 2. The predicted octanol–water partition coefficient (Wildman–Crippen LogP) is 8.62. The van der Waals surface area contributed by atoms with Crippen LogP contribution in [-0.2, 0) is 21.4 Å². The Morgan fingerprint density at radius 3 is 2.12 bits per heavy atom. The number of carbonyl (C=O) groups excluding carboxylic acids is 2. The van der Waals surface area contributed by atoms with Crippen LogP contribution in [0.2, 0.25) is 0 Å². The Hall–Kier alpha value is -4.57. The lowest BCUT2D eigenvalue weighted by atomic mass is 9.95. The first-order chi connectivity index (χ1) is 24.5. The molecule has 0 saturated heterocycles. The maximum absolute atomic E-state index is 13.3. The first kappa shape index (κ1) is 39.2. The Kier molecular flexibility index (Phi) is 15.2. The van der Waals surface area contributed by atoms with Crippen molar-refractivity contribution in [2.75, 3.05) is 13.2 Å². The van der Waals surface area contributed by atoms with Gasteiger partial charge >= 0.3 is 5.97 Å². The maximum Gasteiger partial charge on any atom is 0.303 e. The third-order valence-corrected chi connectivity index (χ3v) is 10.1. The molecule has 4 aromatic rings. The van der Waals surface area contributed by atoms with E-state index in [0.29, 0.717) is 42.9 Å². The van der Waals surface area contributed by atoms with E-state index in [1.165, 1.54) is 37.0 Å². The Morgan fingerprint density at radius 1 is 0.804 bits per heavy atom. The molecule has 0 fully saturated rings. The number of aliphatic carboxylic acids is 1. The average Bonchev–Trinajstić information content (AvgIpc) is 3.63. The molecule has 0 spiro atoms. The minimum absolute atomic E-state index is 0.0832. The number of unbranched alkanes of at least 4 members (excludes halogenated alkanes) is 6. The van der Waals surface area contributed by atoms with Gasteiger partial charge in [-0.25, -0.2) is 9.97 Å². The van der Waals surface area contributed by atoms with Crippen molar-refractivity contribution in [3.8, 4) is 28.3 Å². The van der Waals surface area contributed by atoms with Crippen molar-refractivity contribution < 1.29 is 24.2 Å². The highest BCUT2D eigenvalue weighted by atomic mass is 32.1. The molecule has 3 N–H and O–H groups in total. The van der Waals surface area contributed by atoms with Crippen LogP contribution in [0.3, 0.4) is 0 Å². The summed E-state index contributed by atoms with van der Waals surface area (Å²) in [6.45, 7) is 9.65. The molecule has 9 nitrogen and oxygen atoms in total. The number of hydrogen-bond donors (Lipinski definition) is 3. The molecule has 0 saturated carbocycles. The number of nitrogens with one attached hydrogen (secondary N) is 2. The number of carboxylic acids is 1. The van der Waals surface area contributed by atoms with Gasteiger partial charge in [0.2, 0.25) is 5.91 Å². The second kappa shape index (κ2) is 19.7. The van der Waals surface area contributed by atoms with E-state index in [9.17, 15) is 14.4 Å². The number of ether oxygens (including phenoxy) is 1. The van der Waals surface area contributed by atoms with Crippen molar-refractivity contribution in [3.63, 3.8) is 0 Å². The minimum atomic E-state index is -0.824. The number of aromatic nitrogens is 2. The van der Waals surface area contributed by atoms with Gasteiger partial charge in [-0.15, -0.1) is 11.3 Å². The second-order valence-corrected chi connectivity index (χ2v) is 15.0. The SMILES string of the molecule is CCCCCCCOc1ccc(-c2cnc(-c3ccc(CC(NC(=O)c4ccc(C(C)(C)C)s4)C(=O)NCCCCCC(=O)O)cc3)nc2)cc1. The molecule has 1 atom stereocenters. The fraction of sp³-hybridized carbons (Fsp3) is 0.439. The molecule has 2 amide bonds. The molecule has 0 aliphatic rings.